The summed E-state index contributed by atoms with van der Waals surface area (Å²) >= 11 is 5.88. The molecule has 2 rings (SSSR count). The van der Waals surface area contributed by atoms with Crippen LogP contribution in [0.5, 0.6) is 0 Å². The quantitative estimate of drug-likeness (QED) is 0.828. The average molecular weight is 369 g/mol. The summed E-state index contributed by atoms with van der Waals surface area (Å²) in [6.45, 7) is 4.08. The molecule has 126 valence electrons. The zero-order valence-electron chi connectivity index (χ0n) is 12.5. The normalized spacial score (nSPS) is 16.5. The minimum atomic E-state index is -3.68. The van der Waals surface area contributed by atoms with Crippen LogP contribution in [0.2, 0.25) is 5.02 Å². The molecule has 22 heavy (non-hydrogen) atoms. The third-order valence-electron chi connectivity index (χ3n) is 3.59. The lowest BCUT2D eigenvalue weighted by molar-refractivity contribution is 0.262. The van der Waals surface area contributed by atoms with E-state index < -0.39 is 10.0 Å². The molecule has 1 saturated heterocycles. The number of nitrogens with zero attached hydrogens (tertiary/aromatic N) is 2. The van der Waals surface area contributed by atoms with E-state index in [9.17, 15) is 8.42 Å². The Labute approximate surface area is 142 Å². The second-order valence-corrected chi connectivity index (χ2v) is 7.43. The standard InChI is InChI=1S/C13H21ClN4O2S.ClH/c1-2-7-18(11-3-5-16-6-4-11)21(19,20)12-8-10(14)9-17-13(12)15;/h8-9,11,16H,2-7H2,1H3,(H2,15,17);1H. The van der Waals surface area contributed by atoms with Crippen molar-refractivity contribution in [3.63, 3.8) is 0 Å². The van der Waals surface area contributed by atoms with Gasteiger partial charge in [0.05, 0.1) is 5.02 Å². The first-order valence-corrected chi connectivity index (χ1v) is 8.92. The Balaban J connectivity index is 0.00000242. The molecule has 0 unspecified atom stereocenters. The van der Waals surface area contributed by atoms with Gasteiger partial charge in [0.1, 0.15) is 10.7 Å². The summed E-state index contributed by atoms with van der Waals surface area (Å²) in [6, 6.07) is 1.37. The number of hydrogen-bond acceptors (Lipinski definition) is 5. The van der Waals surface area contributed by atoms with Crippen LogP contribution in [0, 0.1) is 0 Å². The van der Waals surface area contributed by atoms with Crippen LogP contribution in [0.25, 0.3) is 0 Å². The molecule has 1 aliphatic heterocycles. The lowest BCUT2D eigenvalue weighted by Gasteiger charge is -2.33. The van der Waals surface area contributed by atoms with Crippen molar-refractivity contribution in [2.75, 3.05) is 25.4 Å². The summed E-state index contributed by atoms with van der Waals surface area (Å²) in [6.07, 6.45) is 3.70. The van der Waals surface area contributed by atoms with Crippen LogP contribution in [-0.4, -0.2) is 43.4 Å². The molecule has 0 atom stereocenters. The van der Waals surface area contributed by atoms with E-state index in [-0.39, 0.29) is 34.2 Å². The van der Waals surface area contributed by atoms with Crippen LogP contribution in [0.4, 0.5) is 5.82 Å². The van der Waals surface area contributed by atoms with E-state index in [1.165, 1.54) is 12.3 Å². The number of halogens is 2. The Hall–Kier alpha value is -0.600. The molecule has 1 aromatic heterocycles. The second-order valence-electron chi connectivity index (χ2n) is 5.13. The minimum Gasteiger partial charge on any atom is -0.383 e. The summed E-state index contributed by atoms with van der Waals surface area (Å²) in [5.41, 5.74) is 5.75. The Bertz CT molecular complexity index is 592. The first-order chi connectivity index (χ1) is 9.96. The van der Waals surface area contributed by atoms with Crippen LogP contribution in [-0.2, 0) is 10.0 Å². The summed E-state index contributed by atoms with van der Waals surface area (Å²) in [7, 11) is -3.68. The number of aromatic nitrogens is 1. The fourth-order valence-corrected chi connectivity index (χ4v) is 4.67. The molecule has 0 bridgehead atoms. The maximum atomic E-state index is 12.9. The fourth-order valence-electron chi connectivity index (χ4n) is 2.58. The topological polar surface area (TPSA) is 88.3 Å². The highest BCUT2D eigenvalue weighted by atomic mass is 35.5. The van der Waals surface area contributed by atoms with Crippen LogP contribution in [0.15, 0.2) is 17.2 Å². The highest BCUT2D eigenvalue weighted by Gasteiger charge is 2.33. The van der Waals surface area contributed by atoms with Gasteiger partial charge < -0.3 is 11.1 Å². The first kappa shape index (κ1) is 19.4. The largest absolute Gasteiger partial charge is 0.383 e. The molecule has 2 heterocycles. The van der Waals surface area contributed by atoms with Gasteiger partial charge in [-0.1, -0.05) is 18.5 Å². The van der Waals surface area contributed by atoms with Crippen molar-refractivity contribution < 1.29 is 8.42 Å². The van der Waals surface area contributed by atoms with Crippen molar-refractivity contribution >= 4 is 39.8 Å². The average Bonchev–Trinajstić information content (AvgIpc) is 2.48. The lowest BCUT2D eigenvalue weighted by atomic mass is 10.1. The van der Waals surface area contributed by atoms with Gasteiger partial charge in [-0.2, -0.15) is 4.31 Å². The molecule has 1 fully saturated rings. The van der Waals surface area contributed by atoms with Crippen molar-refractivity contribution in [1.29, 1.82) is 0 Å². The minimum absolute atomic E-state index is 0. The Morgan fingerprint density at radius 2 is 2.09 bits per heavy atom. The maximum Gasteiger partial charge on any atom is 0.247 e. The number of nitrogen functional groups attached to an aromatic ring is 1. The SMILES string of the molecule is CCCN(C1CCNCC1)S(=O)(=O)c1cc(Cl)cnc1N.Cl. The molecular weight excluding hydrogens is 347 g/mol. The molecular formula is C13H22Cl2N4O2S. The van der Waals surface area contributed by atoms with Crippen LogP contribution in [0.3, 0.4) is 0 Å². The number of anilines is 1. The molecule has 0 amide bonds. The Kier molecular flexibility index (Phi) is 7.34. The van der Waals surface area contributed by atoms with Gasteiger partial charge >= 0.3 is 0 Å². The van der Waals surface area contributed by atoms with Gasteiger partial charge in [0.15, 0.2) is 0 Å². The van der Waals surface area contributed by atoms with E-state index in [0.717, 1.165) is 32.4 Å². The summed E-state index contributed by atoms with van der Waals surface area (Å²) in [4.78, 5) is 3.86. The number of piperidine rings is 1. The van der Waals surface area contributed by atoms with Crippen molar-refractivity contribution in [3.8, 4) is 0 Å². The zero-order chi connectivity index (χ0) is 15.5. The maximum absolute atomic E-state index is 12.9. The van der Waals surface area contributed by atoms with Crippen molar-refractivity contribution in [2.24, 2.45) is 0 Å². The molecule has 1 aromatic rings. The lowest BCUT2D eigenvalue weighted by Crippen LogP contribution is -2.46. The molecule has 0 aliphatic carbocycles. The molecule has 0 saturated carbocycles. The van der Waals surface area contributed by atoms with E-state index in [1.54, 1.807) is 4.31 Å². The molecule has 6 nitrogen and oxygen atoms in total. The second kappa shape index (κ2) is 8.31. The van der Waals surface area contributed by atoms with Crippen LogP contribution >= 0.6 is 24.0 Å². The van der Waals surface area contributed by atoms with Gasteiger partial charge in [-0.25, -0.2) is 13.4 Å². The van der Waals surface area contributed by atoms with Gasteiger partial charge in [-0.3, -0.25) is 0 Å². The van der Waals surface area contributed by atoms with Crippen molar-refractivity contribution in [1.82, 2.24) is 14.6 Å². The summed E-state index contributed by atoms with van der Waals surface area (Å²) in [5.74, 6) is -0.00515. The predicted octanol–water partition coefficient (Wildman–Crippen LogP) is 1.89. The highest BCUT2D eigenvalue weighted by Crippen LogP contribution is 2.27. The third-order valence-corrected chi connectivity index (χ3v) is 5.78. The number of sulfonamides is 1. The molecule has 3 N–H and O–H groups in total. The monoisotopic (exact) mass is 368 g/mol. The number of hydrogen-bond donors (Lipinski definition) is 2. The molecule has 0 spiro atoms. The Morgan fingerprint density at radius 1 is 1.45 bits per heavy atom. The summed E-state index contributed by atoms with van der Waals surface area (Å²) in [5, 5.41) is 3.51. The number of rotatable bonds is 5. The van der Waals surface area contributed by atoms with E-state index in [4.69, 9.17) is 17.3 Å². The number of nitrogens with two attached hydrogens (primary N) is 1. The van der Waals surface area contributed by atoms with Gasteiger partial charge in [0, 0.05) is 18.8 Å². The molecule has 1 aliphatic rings. The van der Waals surface area contributed by atoms with E-state index >= 15 is 0 Å². The Morgan fingerprint density at radius 3 is 2.68 bits per heavy atom. The fraction of sp³-hybridized carbons (Fsp3) is 0.615. The molecule has 9 heteroatoms. The van der Waals surface area contributed by atoms with Crippen molar-refractivity contribution in [3.05, 3.63) is 17.3 Å². The number of pyridine rings is 1. The van der Waals surface area contributed by atoms with E-state index in [1.807, 2.05) is 6.92 Å². The van der Waals surface area contributed by atoms with E-state index in [0.29, 0.717) is 6.54 Å². The van der Waals surface area contributed by atoms with Crippen molar-refractivity contribution in [2.45, 2.75) is 37.1 Å². The number of nitrogens with one attached hydrogen (secondary N) is 1. The highest BCUT2D eigenvalue weighted by molar-refractivity contribution is 7.89. The summed E-state index contributed by atoms with van der Waals surface area (Å²) < 4.78 is 27.4. The van der Waals surface area contributed by atoms with E-state index in [2.05, 4.69) is 10.3 Å². The van der Waals surface area contributed by atoms with Gasteiger partial charge in [0.25, 0.3) is 0 Å². The van der Waals surface area contributed by atoms with Gasteiger partial charge in [-0.15, -0.1) is 12.4 Å². The molecule has 0 aromatic carbocycles. The van der Waals surface area contributed by atoms with Crippen LogP contribution < -0.4 is 11.1 Å². The van der Waals surface area contributed by atoms with Gasteiger partial charge in [0.2, 0.25) is 10.0 Å². The smallest absolute Gasteiger partial charge is 0.247 e. The van der Waals surface area contributed by atoms with Gasteiger partial charge in [-0.05, 0) is 38.4 Å². The third kappa shape index (κ3) is 4.23. The first-order valence-electron chi connectivity index (χ1n) is 7.10. The zero-order valence-corrected chi connectivity index (χ0v) is 14.8. The molecule has 0 radical (unpaired) electrons. The predicted molar refractivity (Wildman–Crippen MR) is 91.0 cm³/mol. The van der Waals surface area contributed by atoms with Crippen LogP contribution in [0.1, 0.15) is 26.2 Å².